The minimum absolute atomic E-state index is 0.0913. The van der Waals surface area contributed by atoms with Gasteiger partial charge in [-0.15, -0.1) is 0 Å². The Balaban J connectivity index is 1.39. The number of aromatic nitrogens is 3. The first kappa shape index (κ1) is 18.9. The van der Waals surface area contributed by atoms with E-state index in [4.69, 9.17) is 9.72 Å². The summed E-state index contributed by atoms with van der Waals surface area (Å²) in [7, 11) is 0. The van der Waals surface area contributed by atoms with Crippen LogP contribution >= 0.6 is 0 Å². The fraction of sp³-hybridized carbons (Fsp3) is 0.500. The van der Waals surface area contributed by atoms with Crippen molar-refractivity contribution in [3.8, 4) is 0 Å². The zero-order valence-corrected chi connectivity index (χ0v) is 16.6. The highest BCUT2D eigenvalue weighted by atomic mass is 16.6. The number of nitrogens with one attached hydrogen (secondary N) is 1. The highest BCUT2D eigenvalue weighted by Crippen LogP contribution is 2.40. The van der Waals surface area contributed by atoms with E-state index in [1.165, 1.54) is 6.07 Å². The molecule has 1 saturated heterocycles. The number of carbonyl (C=O) groups is 1. The van der Waals surface area contributed by atoms with E-state index in [2.05, 4.69) is 15.3 Å². The molecule has 2 fully saturated rings. The number of hydrogen-bond donors (Lipinski definition) is 1. The molecule has 1 spiro atoms. The lowest BCUT2D eigenvalue weighted by Crippen LogP contribution is -2.42. The SMILES string of the molecule is Cc1cc(C(=O)N2CCC3(COCc4cnc(NC5CC5)nc43)C2)ncc1[N+](=O)[O-]. The molecule has 0 radical (unpaired) electrons. The number of aryl methyl sites for hydroxylation is 1. The molecule has 5 rings (SSSR count). The summed E-state index contributed by atoms with van der Waals surface area (Å²) in [5.41, 5.74) is 2.08. The third kappa shape index (κ3) is 3.26. The topological polar surface area (TPSA) is 123 Å². The smallest absolute Gasteiger partial charge is 0.290 e. The van der Waals surface area contributed by atoms with Crippen LogP contribution in [0.15, 0.2) is 18.5 Å². The van der Waals surface area contributed by atoms with Crippen molar-refractivity contribution in [2.75, 3.05) is 25.0 Å². The van der Waals surface area contributed by atoms with Gasteiger partial charge in [-0.05, 0) is 32.3 Å². The number of carbonyl (C=O) groups excluding carboxylic acids is 1. The van der Waals surface area contributed by atoms with Gasteiger partial charge in [-0.25, -0.2) is 15.0 Å². The van der Waals surface area contributed by atoms with Gasteiger partial charge in [0.05, 0.1) is 29.2 Å². The number of nitrogens with zero attached hydrogens (tertiary/aromatic N) is 5. The molecule has 1 atom stereocenters. The predicted octanol–water partition coefficient (Wildman–Crippen LogP) is 1.98. The number of ether oxygens (including phenoxy) is 1. The van der Waals surface area contributed by atoms with Crippen molar-refractivity contribution in [1.82, 2.24) is 19.9 Å². The molecule has 2 aromatic rings. The number of fused-ring (bicyclic) bond motifs is 2. The summed E-state index contributed by atoms with van der Waals surface area (Å²) in [4.78, 5) is 38.6. The van der Waals surface area contributed by atoms with E-state index in [0.717, 1.165) is 36.7 Å². The van der Waals surface area contributed by atoms with Crippen molar-refractivity contribution < 1.29 is 14.5 Å². The average molecular weight is 410 g/mol. The third-order valence-corrected chi connectivity index (χ3v) is 6.05. The van der Waals surface area contributed by atoms with Crippen LogP contribution in [0.3, 0.4) is 0 Å². The van der Waals surface area contributed by atoms with Gasteiger partial charge in [-0.2, -0.15) is 0 Å². The molecule has 156 valence electrons. The summed E-state index contributed by atoms with van der Waals surface area (Å²) in [6, 6.07) is 1.94. The molecule has 1 aliphatic carbocycles. The first-order valence-corrected chi connectivity index (χ1v) is 10.1. The van der Waals surface area contributed by atoms with Crippen LogP contribution in [-0.2, 0) is 16.8 Å². The van der Waals surface area contributed by atoms with Gasteiger partial charge in [0.2, 0.25) is 5.95 Å². The normalized spacial score (nSPS) is 22.8. The zero-order chi connectivity index (χ0) is 20.9. The van der Waals surface area contributed by atoms with Crippen LogP contribution in [0.25, 0.3) is 0 Å². The Morgan fingerprint density at radius 3 is 2.93 bits per heavy atom. The maximum absolute atomic E-state index is 13.0. The van der Waals surface area contributed by atoms with Gasteiger partial charge in [0, 0.05) is 36.5 Å². The van der Waals surface area contributed by atoms with Crippen molar-refractivity contribution in [2.24, 2.45) is 0 Å². The molecule has 0 aromatic carbocycles. The van der Waals surface area contributed by atoms with Gasteiger partial charge in [-0.1, -0.05) is 0 Å². The van der Waals surface area contributed by atoms with Crippen molar-refractivity contribution in [2.45, 2.75) is 44.2 Å². The van der Waals surface area contributed by atoms with Crippen LogP contribution in [0, 0.1) is 17.0 Å². The van der Waals surface area contributed by atoms with Gasteiger partial charge >= 0.3 is 0 Å². The Morgan fingerprint density at radius 1 is 1.37 bits per heavy atom. The van der Waals surface area contributed by atoms with Crippen LogP contribution < -0.4 is 5.32 Å². The Hall–Kier alpha value is -3.14. The van der Waals surface area contributed by atoms with E-state index in [0.29, 0.717) is 43.9 Å². The van der Waals surface area contributed by atoms with Gasteiger partial charge < -0.3 is 15.0 Å². The summed E-state index contributed by atoms with van der Waals surface area (Å²) in [6.45, 7) is 3.60. The lowest BCUT2D eigenvalue weighted by Gasteiger charge is -2.34. The van der Waals surface area contributed by atoms with Crippen LogP contribution in [0.5, 0.6) is 0 Å². The van der Waals surface area contributed by atoms with Crippen molar-refractivity contribution >= 4 is 17.5 Å². The molecule has 2 aromatic heterocycles. The number of nitro groups is 1. The lowest BCUT2D eigenvalue weighted by atomic mass is 9.80. The number of anilines is 1. The van der Waals surface area contributed by atoms with E-state index < -0.39 is 4.92 Å². The Labute approximate surface area is 172 Å². The first-order chi connectivity index (χ1) is 14.4. The second-order valence-electron chi connectivity index (χ2n) is 8.35. The molecule has 30 heavy (non-hydrogen) atoms. The Morgan fingerprint density at radius 2 is 2.20 bits per heavy atom. The molecule has 3 aliphatic rings. The molecule has 0 bridgehead atoms. The molecule has 10 nitrogen and oxygen atoms in total. The highest BCUT2D eigenvalue weighted by Gasteiger charge is 2.46. The molecule has 1 N–H and O–H groups in total. The van der Waals surface area contributed by atoms with Crippen molar-refractivity contribution in [3.05, 3.63) is 51.1 Å². The van der Waals surface area contributed by atoms with E-state index in [9.17, 15) is 14.9 Å². The molecule has 10 heteroatoms. The molecule has 1 saturated carbocycles. The maximum Gasteiger partial charge on any atom is 0.290 e. The van der Waals surface area contributed by atoms with Gasteiger partial charge in [0.15, 0.2) is 0 Å². The van der Waals surface area contributed by atoms with E-state index in [-0.39, 0.29) is 22.7 Å². The zero-order valence-electron chi connectivity index (χ0n) is 16.6. The van der Waals surface area contributed by atoms with Crippen LogP contribution in [0.4, 0.5) is 11.6 Å². The second-order valence-corrected chi connectivity index (χ2v) is 8.35. The van der Waals surface area contributed by atoms with Crippen LogP contribution in [0.1, 0.15) is 46.6 Å². The molecule has 2 aliphatic heterocycles. The average Bonchev–Trinajstić information content (AvgIpc) is 3.45. The van der Waals surface area contributed by atoms with Crippen LogP contribution in [0.2, 0.25) is 0 Å². The summed E-state index contributed by atoms with van der Waals surface area (Å²) >= 11 is 0. The van der Waals surface area contributed by atoms with Gasteiger partial charge in [-0.3, -0.25) is 14.9 Å². The van der Waals surface area contributed by atoms with E-state index in [1.54, 1.807) is 11.8 Å². The Bertz CT molecular complexity index is 1040. The second kappa shape index (κ2) is 6.98. The standard InChI is InChI=1S/C20H22N6O4/c1-12-6-15(21-8-16(12)26(28)29)18(27)25-5-4-20(10-25)11-30-9-13-7-22-19(24-17(13)20)23-14-2-3-14/h6-8,14H,2-5,9-11H2,1H3,(H,22,23,24). The number of amides is 1. The number of pyridine rings is 1. The fourth-order valence-electron chi connectivity index (χ4n) is 4.25. The van der Waals surface area contributed by atoms with Crippen LogP contribution in [-0.4, -0.2) is 56.4 Å². The molecule has 1 unspecified atom stereocenters. The molecule has 4 heterocycles. The summed E-state index contributed by atoms with van der Waals surface area (Å²) in [5.74, 6) is 0.400. The largest absolute Gasteiger partial charge is 0.376 e. The molecular weight excluding hydrogens is 388 g/mol. The van der Waals surface area contributed by atoms with E-state index in [1.807, 2.05) is 6.20 Å². The predicted molar refractivity (Wildman–Crippen MR) is 106 cm³/mol. The van der Waals surface area contributed by atoms with E-state index >= 15 is 0 Å². The summed E-state index contributed by atoms with van der Waals surface area (Å²) < 4.78 is 5.83. The number of hydrogen-bond acceptors (Lipinski definition) is 8. The minimum atomic E-state index is -0.495. The Kier molecular flexibility index (Phi) is 4.39. The number of rotatable bonds is 4. The minimum Gasteiger partial charge on any atom is -0.376 e. The summed E-state index contributed by atoms with van der Waals surface area (Å²) in [5, 5.41) is 14.4. The third-order valence-electron chi connectivity index (χ3n) is 6.05. The monoisotopic (exact) mass is 410 g/mol. The fourth-order valence-corrected chi connectivity index (χ4v) is 4.25. The van der Waals surface area contributed by atoms with Crippen molar-refractivity contribution in [1.29, 1.82) is 0 Å². The molecular formula is C20H22N6O4. The van der Waals surface area contributed by atoms with Gasteiger partial charge in [0.25, 0.3) is 11.6 Å². The lowest BCUT2D eigenvalue weighted by molar-refractivity contribution is -0.385. The number of likely N-dealkylation sites (tertiary alicyclic amines) is 1. The summed E-state index contributed by atoms with van der Waals surface area (Å²) in [6.07, 6.45) is 5.98. The van der Waals surface area contributed by atoms with Crippen molar-refractivity contribution in [3.63, 3.8) is 0 Å². The molecule has 1 amide bonds. The first-order valence-electron chi connectivity index (χ1n) is 10.1. The van der Waals surface area contributed by atoms with Gasteiger partial charge in [0.1, 0.15) is 11.9 Å². The maximum atomic E-state index is 13.0. The quantitative estimate of drug-likeness (QED) is 0.599. The highest BCUT2D eigenvalue weighted by molar-refractivity contribution is 5.93.